The van der Waals surface area contributed by atoms with Gasteiger partial charge >= 0.3 is 0 Å². The second-order valence-corrected chi connectivity index (χ2v) is 30.9. The predicted octanol–water partition coefficient (Wildman–Crippen LogP) is 30.6. The van der Waals surface area contributed by atoms with E-state index in [1.54, 1.807) is 0 Å². The molecule has 6 nitrogen and oxygen atoms in total. The number of ether oxygens (including phenoxy) is 6. The van der Waals surface area contributed by atoms with Crippen molar-refractivity contribution in [1.82, 2.24) is 0 Å². The summed E-state index contributed by atoms with van der Waals surface area (Å²) in [6, 6.07) is 53.2. The summed E-state index contributed by atoms with van der Waals surface area (Å²) in [5.41, 5.74) is 8.23. The van der Waals surface area contributed by atoms with Crippen molar-refractivity contribution in [2.45, 2.75) is 237 Å². The van der Waals surface area contributed by atoms with Gasteiger partial charge in [-0.15, -0.1) is 0 Å². The van der Waals surface area contributed by atoms with E-state index in [-0.39, 0.29) is 0 Å². The van der Waals surface area contributed by atoms with Gasteiger partial charge in [-0.3, -0.25) is 0 Å². The molecule has 0 fully saturated rings. The Bertz CT molecular complexity index is 3920. The molecule has 0 aliphatic carbocycles. The zero-order valence-corrected chi connectivity index (χ0v) is 68.6. The maximum Gasteiger partial charge on any atom is 0.127 e. The van der Waals surface area contributed by atoms with Gasteiger partial charge in [0.25, 0.3) is 0 Å². The van der Waals surface area contributed by atoms with Crippen LogP contribution in [-0.2, 0) is 0 Å². The molecule has 9 aromatic rings. The molecule has 0 N–H and O–H groups in total. The number of hydrogen-bond donors (Lipinski definition) is 0. The zero-order valence-electron chi connectivity index (χ0n) is 68.6. The van der Waals surface area contributed by atoms with Gasteiger partial charge in [-0.2, -0.15) is 0 Å². The summed E-state index contributed by atoms with van der Waals surface area (Å²) in [5.74, 6) is 7.54. The minimum absolute atomic E-state index is 0.403. The first-order valence-corrected chi connectivity index (χ1v) is 42.9. The normalized spacial score (nSPS) is 13.7. The Morgan fingerprint density at radius 2 is 0.398 bits per heavy atom. The van der Waals surface area contributed by atoms with Crippen LogP contribution in [0.1, 0.15) is 282 Å². The highest BCUT2D eigenvalue weighted by Crippen LogP contribution is 2.41. The molecule has 578 valence electrons. The van der Waals surface area contributed by atoms with Crippen molar-refractivity contribution < 1.29 is 28.4 Å². The topological polar surface area (TPSA) is 55.4 Å². The van der Waals surface area contributed by atoms with Crippen molar-refractivity contribution in [3.8, 4) is 34.5 Å². The van der Waals surface area contributed by atoms with E-state index in [9.17, 15) is 0 Å². The highest BCUT2D eigenvalue weighted by Gasteiger charge is 2.22. The number of unbranched alkanes of at least 4 members (excludes halogenated alkanes) is 6. The molecule has 0 bridgehead atoms. The first-order chi connectivity index (χ1) is 53.0. The van der Waals surface area contributed by atoms with E-state index >= 15 is 0 Å². The fourth-order valence-corrected chi connectivity index (χ4v) is 15.1. The summed E-state index contributed by atoms with van der Waals surface area (Å²) in [7, 11) is 0. The van der Waals surface area contributed by atoms with Crippen molar-refractivity contribution in [3.05, 3.63) is 190 Å². The average Bonchev–Trinajstić information content (AvgIpc) is 0.787. The summed E-state index contributed by atoms with van der Waals surface area (Å²) in [4.78, 5) is 0. The standard InChI is InChI=1S/C102H134O6/c1-13-25-39-75(19-7)69-103-97-63-86(54-56-88-66-102(108-74-80(24-12)44-30-18-6)90(68-100(88)106-72-78(22-10)42-28-16-4)58-60-96-93-51-37-33-47-83(93)62-84-48-34-38-52-94(84)96)98(104-70-76(20-8)40-26-14-2)64-85(97)53-55-87-65-101(107-73-79(23-11)43-29-17-5)89(67-99(87)105-71-77(21-9)41-27-15-3)57-59-95-91-49-35-31-45-81(91)61-82-46-32-36-50-92(82)95/h31-38,45-68,75-80H,13-30,39-44,69-74H2,1-12H3/b55-53+,56-54+,59-57+,60-58+. The van der Waals surface area contributed by atoms with Gasteiger partial charge in [0.1, 0.15) is 34.5 Å². The van der Waals surface area contributed by atoms with E-state index in [0.717, 1.165) is 196 Å². The van der Waals surface area contributed by atoms with Crippen molar-refractivity contribution in [1.29, 1.82) is 0 Å². The van der Waals surface area contributed by atoms with Gasteiger partial charge in [-0.25, -0.2) is 0 Å². The fourth-order valence-electron chi connectivity index (χ4n) is 15.1. The first kappa shape index (κ1) is 83.8. The second-order valence-electron chi connectivity index (χ2n) is 30.9. The highest BCUT2D eigenvalue weighted by atomic mass is 16.5. The molecule has 0 saturated heterocycles. The Balaban J connectivity index is 1.24. The summed E-state index contributed by atoms with van der Waals surface area (Å²) >= 11 is 0. The maximum atomic E-state index is 7.29. The van der Waals surface area contributed by atoms with Crippen molar-refractivity contribution in [2.75, 3.05) is 39.6 Å². The van der Waals surface area contributed by atoms with Gasteiger partial charge in [0.15, 0.2) is 0 Å². The molecule has 6 heteroatoms. The summed E-state index contributed by atoms with van der Waals surface area (Å²) < 4.78 is 43.4. The quantitative estimate of drug-likeness (QED) is 0.0280. The molecule has 0 amide bonds. The summed E-state index contributed by atoms with van der Waals surface area (Å²) in [5, 5.41) is 9.79. The van der Waals surface area contributed by atoms with Crippen LogP contribution in [0.4, 0.5) is 0 Å². The largest absolute Gasteiger partial charge is 0.493 e. The van der Waals surface area contributed by atoms with E-state index in [2.05, 4.69) is 277 Å². The molecule has 0 aromatic heterocycles. The van der Waals surface area contributed by atoms with E-state index in [4.69, 9.17) is 28.4 Å². The third kappa shape index (κ3) is 24.4. The SMILES string of the molecule is CCCCC(CC)COc1cc(/C=C/c2cc(OCC(CC)CCCC)c(/C=C/c3c4ccccc4cc4ccccc34)cc2OCC(CC)CCCC)c(OCC(CC)CCCC)cc1/C=C/c1cc(OCC(CC)CCCC)c(/C=C/c2c3ccccc3cc3ccccc23)cc1OCC(CC)CCCC. The first-order valence-electron chi connectivity index (χ1n) is 42.9. The number of rotatable bonds is 50. The Morgan fingerprint density at radius 1 is 0.222 bits per heavy atom. The lowest BCUT2D eigenvalue weighted by atomic mass is 9.95. The van der Waals surface area contributed by atoms with Crippen LogP contribution in [0.5, 0.6) is 34.5 Å². The van der Waals surface area contributed by atoms with Crippen LogP contribution in [0.2, 0.25) is 0 Å². The Labute approximate surface area is 653 Å². The van der Waals surface area contributed by atoms with Crippen LogP contribution >= 0.6 is 0 Å². The lowest BCUT2D eigenvalue weighted by Crippen LogP contribution is -2.14. The Kier molecular flexibility index (Phi) is 35.5. The van der Waals surface area contributed by atoms with E-state index in [0.29, 0.717) is 75.1 Å². The molecule has 0 spiro atoms. The Morgan fingerprint density at radius 3 is 0.574 bits per heavy atom. The Hall–Kier alpha value is -8.22. The van der Waals surface area contributed by atoms with Gasteiger partial charge < -0.3 is 28.4 Å². The van der Waals surface area contributed by atoms with Gasteiger partial charge in [0.05, 0.1) is 39.6 Å². The molecule has 9 rings (SSSR count). The highest BCUT2D eigenvalue weighted by molar-refractivity contribution is 6.09. The fraction of sp³-hybridized carbons (Fsp3) is 0.471. The molecule has 108 heavy (non-hydrogen) atoms. The molecule has 6 unspecified atom stereocenters. The summed E-state index contributed by atoms with van der Waals surface area (Å²) in [6.07, 6.45) is 45.2. The molecule has 6 atom stereocenters. The molecular formula is C102H134O6. The lowest BCUT2D eigenvalue weighted by Gasteiger charge is -2.21. The van der Waals surface area contributed by atoms with Gasteiger partial charge in [0.2, 0.25) is 0 Å². The number of benzene rings is 9. The monoisotopic (exact) mass is 1460 g/mol. The van der Waals surface area contributed by atoms with Gasteiger partial charge in [-0.05, 0) is 177 Å². The van der Waals surface area contributed by atoms with Crippen LogP contribution in [0, 0.1) is 35.5 Å². The van der Waals surface area contributed by atoms with E-state index in [1.807, 2.05) is 0 Å². The van der Waals surface area contributed by atoms with Crippen LogP contribution in [-0.4, -0.2) is 39.6 Å². The zero-order chi connectivity index (χ0) is 76.2. The van der Waals surface area contributed by atoms with E-state index in [1.165, 1.54) is 79.9 Å². The van der Waals surface area contributed by atoms with Gasteiger partial charge in [0, 0.05) is 33.4 Å². The molecule has 0 saturated carbocycles. The molecule has 0 radical (unpaired) electrons. The number of fused-ring (bicyclic) bond motifs is 4. The number of hydrogen-bond acceptors (Lipinski definition) is 6. The summed E-state index contributed by atoms with van der Waals surface area (Å²) in [6.45, 7) is 31.3. The minimum atomic E-state index is 0.403. The molecule has 0 aliphatic heterocycles. The van der Waals surface area contributed by atoms with Crippen molar-refractivity contribution in [2.24, 2.45) is 35.5 Å². The third-order valence-corrected chi connectivity index (χ3v) is 22.9. The molecule has 9 aromatic carbocycles. The smallest absolute Gasteiger partial charge is 0.127 e. The van der Waals surface area contributed by atoms with Crippen LogP contribution in [0.15, 0.2) is 146 Å². The van der Waals surface area contributed by atoms with Crippen LogP contribution in [0.3, 0.4) is 0 Å². The second kappa shape index (κ2) is 45.7. The molecule has 0 aliphatic rings. The van der Waals surface area contributed by atoms with Gasteiger partial charge in [-0.1, -0.05) is 344 Å². The third-order valence-electron chi connectivity index (χ3n) is 22.9. The van der Waals surface area contributed by atoms with E-state index < -0.39 is 0 Å². The predicted molar refractivity (Wildman–Crippen MR) is 471 cm³/mol. The minimum Gasteiger partial charge on any atom is -0.493 e. The maximum absolute atomic E-state index is 7.29. The van der Waals surface area contributed by atoms with Crippen LogP contribution in [0.25, 0.3) is 91.7 Å². The van der Waals surface area contributed by atoms with Crippen LogP contribution < -0.4 is 28.4 Å². The average molecular weight is 1460 g/mol. The molecule has 0 heterocycles. The lowest BCUT2D eigenvalue weighted by molar-refractivity contribution is 0.227. The van der Waals surface area contributed by atoms with Crippen molar-refractivity contribution in [3.63, 3.8) is 0 Å². The molecular weight excluding hydrogens is 1320 g/mol. The van der Waals surface area contributed by atoms with Crippen molar-refractivity contribution >= 4 is 91.7 Å².